The summed E-state index contributed by atoms with van der Waals surface area (Å²) in [6, 6.07) is 3.55. The van der Waals surface area contributed by atoms with Crippen molar-refractivity contribution in [2.24, 2.45) is 0 Å². The van der Waals surface area contributed by atoms with Gasteiger partial charge in [-0.2, -0.15) is 0 Å². The van der Waals surface area contributed by atoms with Gasteiger partial charge in [-0.25, -0.2) is 24.9 Å². The van der Waals surface area contributed by atoms with Gasteiger partial charge in [-0.3, -0.25) is 4.79 Å². The van der Waals surface area contributed by atoms with E-state index in [0.717, 1.165) is 35.7 Å². The molecule has 30 heavy (non-hydrogen) atoms. The Hall–Kier alpha value is -3.20. The quantitative estimate of drug-likeness (QED) is 0.625. The zero-order valence-electron chi connectivity index (χ0n) is 16.9. The fraction of sp³-hybridized carbons (Fsp3) is 0.333. The van der Waals surface area contributed by atoms with E-state index in [-0.39, 0.29) is 11.9 Å². The Morgan fingerprint density at radius 1 is 1.20 bits per heavy atom. The maximum atomic E-state index is 13.0. The maximum absolute atomic E-state index is 13.0. The van der Waals surface area contributed by atoms with Crippen LogP contribution in [0.4, 0.5) is 11.8 Å². The molecule has 0 aliphatic carbocycles. The van der Waals surface area contributed by atoms with Gasteiger partial charge in [0.1, 0.15) is 11.6 Å². The molecule has 1 saturated heterocycles. The molecule has 1 amide bonds. The first-order valence-electron chi connectivity index (χ1n) is 9.89. The van der Waals surface area contributed by atoms with Crippen LogP contribution in [-0.2, 0) is 4.79 Å². The minimum absolute atomic E-state index is 0.0254. The monoisotopic (exact) mass is 421 g/mol. The molecule has 0 unspecified atom stereocenters. The van der Waals surface area contributed by atoms with E-state index < -0.39 is 0 Å². The van der Waals surface area contributed by atoms with Gasteiger partial charge >= 0.3 is 0 Å². The van der Waals surface area contributed by atoms with Crippen LogP contribution < -0.4 is 5.32 Å². The minimum atomic E-state index is -0.0907. The molecule has 9 heteroatoms. The Balaban J connectivity index is 1.56. The van der Waals surface area contributed by atoms with E-state index in [4.69, 9.17) is 0 Å². The van der Waals surface area contributed by atoms with E-state index in [1.807, 2.05) is 30.2 Å². The number of likely N-dealkylation sites (tertiary alicyclic amines) is 1. The third-order valence-corrected chi connectivity index (χ3v) is 5.62. The van der Waals surface area contributed by atoms with Crippen LogP contribution >= 0.6 is 11.3 Å². The lowest BCUT2D eigenvalue weighted by Crippen LogP contribution is -2.38. The highest BCUT2D eigenvalue weighted by Crippen LogP contribution is 2.31. The van der Waals surface area contributed by atoms with Crippen LogP contribution in [0.5, 0.6) is 0 Å². The molecule has 8 nitrogen and oxygen atoms in total. The van der Waals surface area contributed by atoms with E-state index in [1.54, 1.807) is 41.9 Å². The molecule has 4 heterocycles. The average Bonchev–Trinajstić information content (AvgIpc) is 3.17. The Morgan fingerprint density at radius 3 is 2.80 bits per heavy atom. The van der Waals surface area contributed by atoms with Crippen LogP contribution in [0.1, 0.15) is 47.5 Å². The number of carbonyl (C=O) groups excluding carboxylic acids is 1. The van der Waals surface area contributed by atoms with Gasteiger partial charge in [0.25, 0.3) is 0 Å². The molecule has 154 valence electrons. The lowest BCUT2D eigenvalue weighted by Gasteiger charge is -2.35. The van der Waals surface area contributed by atoms with Gasteiger partial charge in [0.05, 0.1) is 22.4 Å². The zero-order valence-corrected chi connectivity index (χ0v) is 17.8. The van der Waals surface area contributed by atoms with E-state index >= 15 is 0 Å². The highest BCUT2D eigenvalue weighted by molar-refractivity contribution is 7.09. The molecule has 0 aromatic carbocycles. The summed E-state index contributed by atoms with van der Waals surface area (Å²) in [7, 11) is 0. The summed E-state index contributed by atoms with van der Waals surface area (Å²) >= 11 is 1.57. The summed E-state index contributed by atoms with van der Waals surface area (Å²) in [6.07, 6.45) is 9.63. The lowest BCUT2D eigenvalue weighted by atomic mass is 9.98. The number of aryl methyl sites for hydroxylation is 2. The number of nitrogens with zero attached hydrogens (tertiary/aromatic N) is 6. The van der Waals surface area contributed by atoms with Crippen molar-refractivity contribution >= 4 is 35.1 Å². The normalized spacial score (nSPS) is 16.7. The first-order chi connectivity index (χ1) is 14.6. The van der Waals surface area contributed by atoms with Crippen LogP contribution in [-0.4, -0.2) is 42.3 Å². The van der Waals surface area contributed by atoms with Crippen LogP contribution in [0.15, 0.2) is 36.0 Å². The molecular weight excluding hydrogens is 398 g/mol. The first-order valence-corrected chi connectivity index (χ1v) is 10.8. The van der Waals surface area contributed by atoms with E-state index in [2.05, 4.69) is 30.2 Å². The van der Waals surface area contributed by atoms with Gasteiger partial charge in [0.15, 0.2) is 0 Å². The molecular formula is C21H23N7OS. The average molecular weight is 422 g/mol. The second kappa shape index (κ2) is 9.08. The summed E-state index contributed by atoms with van der Waals surface area (Å²) in [5.74, 6) is 1.70. The fourth-order valence-electron chi connectivity index (χ4n) is 3.52. The number of hydrogen-bond acceptors (Lipinski definition) is 8. The molecule has 1 aliphatic rings. The molecule has 0 radical (unpaired) electrons. The zero-order chi connectivity index (χ0) is 20.9. The van der Waals surface area contributed by atoms with Gasteiger partial charge in [-0.1, -0.05) is 0 Å². The van der Waals surface area contributed by atoms with Crippen LogP contribution in [0.25, 0.3) is 6.08 Å². The Bertz CT molecular complexity index is 1050. The molecule has 1 fully saturated rings. The molecule has 0 bridgehead atoms. The molecule has 3 aromatic rings. The summed E-state index contributed by atoms with van der Waals surface area (Å²) in [4.78, 5) is 36.7. The molecule has 0 saturated carbocycles. The lowest BCUT2D eigenvalue weighted by molar-refractivity contribution is -0.129. The molecule has 1 aliphatic heterocycles. The van der Waals surface area contributed by atoms with Crippen LogP contribution in [0, 0.1) is 13.8 Å². The first kappa shape index (κ1) is 20.1. The summed E-state index contributed by atoms with van der Waals surface area (Å²) in [5, 5.41) is 6.05. The standard InChI is InChI=1S/C21H23N7OS/c1-14-24-17(12-19(25-14)27-21-22-9-5-10-23-21)18-6-3-4-11-28(18)20(29)8-7-16-13-30-15(2)26-16/h5,7-10,12-13,18H,3-4,6,11H2,1-2H3,(H,22,23,24,25,27)/b8-7+/t18-/m1/s1. The fourth-order valence-corrected chi connectivity index (χ4v) is 4.10. The van der Waals surface area contributed by atoms with Crippen molar-refractivity contribution in [3.05, 3.63) is 58.2 Å². The van der Waals surface area contributed by atoms with E-state index in [9.17, 15) is 4.79 Å². The number of hydrogen-bond donors (Lipinski definition) is 1. The number of carbonyl (C=O) groups is 1. The molecule has 1 N–H and O–H groups in total. The van der Waals surface area contributed by atoms with Crippen LogP contribution in [0.2, 0.25) is 0 Å². The minimum Gasteiger partial charge on any atom is -0.331 e. The largest absolute Gasteiger partial charge is 0.331 e. The van der Waals surface area contributed by atoms with Gasteiger partial charge in [0, 0.05) is 36.5 Å². The van der Waals surface area contributed by atoms with Crippen molar-refractivity contribution in [1.29, 1.82) is 0 Å². The number of aromatic nitrogens is 5. The van der Waals surface area contributed by atoms with Crippen molar-refractivity contribution in [2.75, 3.05) is 11.9 Å². The SMILES string of the molecule is Cc1nc(Nc2ncccn2)cc([C@H]2CCCCN2C(=O)/C=C/c2csc(C)n2)n1. The molecule has 0 spiro atoms. The van der Waals surface area contributed by atoms with Crippen molar-refractivity contribution in [3.8, 4) is 0 Å². The topological polar surface area (TPSA) is 96.8 Å². The number of amides is 1. The number of rotatable bonds is 5. The predicted molar refractivity (Wildman–Crippen MR) is 116 cm³/mol. The third kappa shape index (κ3) is 4.85. The van der Waals surface area contributed by atoms with Crippen molar-refractivity contribution in [1.82, 2.24) is 29.8 Å². The van der Waals surface area contributed by atoms with Gasteiger partial charge in [-0.15, -0.1) is 11.3 Å². The number of anilines is 2. The molecule has 3 aromatic heterocycles. The van der Waals surface area contributed by atoms with Gasteiger partial charge < -0.3 is 10.2 Å². The van der Waals surface area contributed by atoms with E-state index in [0.29, 0.717) is 24.1 Å². The Morgan fingerprint density at radius 2 is 2.03 bits per heavy atom. The smallest absolute Gasteiger partial charge is 0.247 e. The second-order valence-corrected chi connectivity index (χ2v) is 8.15. The number of nitrogens with one attached hydrogen (secondary N) is 1. The van der Waals surface area contributed by atoms with Gasteiger partial charge in [0.2, 0.25) is 11.9 Å². The summed E-state index contributed by atoms with van der Waals surface area (Å²) in [5.41, 5.74) is 1.64. The maximum Gasteiger partial charge on any atom is 0.247 e. The second-order valence-electron chi connectivity index (χ2n) is 7.09. The number of thiazole rings is 1. The summed E-state index contributed by atoms with van der Waals surface area (Å²) < 4.78 is 0. The summed E-state index contributed by atoms with van der Waals surface area (Å²) in [6.45, 7) is 4.51. The van der Waals surface area contributed by atoms with Crippen molar-refractivity contribution in [2.45, 2.75) is 39.2 Å². The highest BCUT2D eigenvalue weighted by atomic mass is 32.1. The Kier molecular flexibility index (Phi) is 6.08. The highest BCUT2D eigenvalue weighted by Gasteiger charge is 2.28. The van der Waals surface area contributed by atoms with E-state index in [1.165, 1.54) is 0 Å². The Labute approximate surface area is 179 Å². The molecule has 1 atom stereocenters. The van der Waals surface area contributed by atoms with Crippen molar-refractivity contribution in [3.63, 3.8) is 0 Å². The number of piperidine rings is 1. The van der Waals surface area contributed by atoms with Crippen LogP contribution in [0.3, 0.4) is 0 Å². The predicted octanol–water partition coefficient (Wildman–Crippen LogP) is 3.85. The van der Waals surface area contributed by atoms with Crippen molar-refractivity contribution < 1.29 is 4.79 Å². The third-order valence-electron chi connectivity index (χ3n) is 4.82. The van der Waals surface area contributed by atoms with Gasteiger partial charge in [-0.05, 0) is 45.3 Å². The molecule has 4 rings (SSSR count).